The third-order valence-corrected chi connectivity index (χ3v) is 5.45. The van der Waals surface area contributed by atoms with Gasteiger partial charge in [0.05, 0.1) is 10.6 Å². The second kappa shape index (κ2) is 8.60. The molecule has 136 valence electrons. The molecule has 26 heavy (non-hydrogen) atoms. The van der Waals surface area contributed by atoms with Crippen molar-refractivity contribution < 1.29 is 9.59 Å². The molecule has 6 heteroatoms. The van der Waals surface area contributed by atoms with Crippen LogP contribution in [0.1, 0.15) is 35.2 Å². The van der Waals surface area contributed by atoms with Crippen molar-refractivity contribution in [1.82, 2.24) is 4.90 Å². The number of hydrogen-bond acceptors (Lipinski definition) is 3. The van der Waals surface area contributed by atoms with Crippen LogP contribution in [0.3, 0.4) is 0 Å². The fourth-order valence-electron chi connectivity index (χ4n) is 3.00. The summed E-state index contributed by atoms with van der Waals surface area (Å²) >= 11 is 7.74. The number of likely N-dealkylation sites (tertiary alicyclic amines) is 1. The average Bonchev–Trinajstić information content (AvgIpc) is 2.64. The van der Waals surface area contributed by atoms with Crippen LogP contribution < -0.4 is 5.32 Å². The van der Waals surface area contributed by atoms with Gasteiger partial charge in [-0.1, -0.05) is 23.7 Å². The van der Waals surface area contributed by atoms with Crippen LogP contribution in [0.2, 0.25) is 5.02 Å². The molecule has 0 atom stereocenters. The maximum atomic E-state index is 12.6. The number of halogens is 1. The van der Waals surface area contributed by atoms with Crippen molar-refractivity contribution in [2.75, 3.05) is 18.1 Å². The lowest BCUT2D eigenvalue weighted by Gasteiger charge is -2.26. The molecule has 2 amide bonds. The van der Waals surface area contributed by atoms with Gasteiger partial charge in [0.15, 0.2) is 0 Å². The van der Waals surface area contributed by atoms with Crippen molar-refractivity contribution in [1.29, 1.82) is 0 Å². The molecule has 4 nitrogen and oxygen atoms in total. The van der Waals surface area contributed by atoms with Gasteiger partial charge in [0, 0.05) is 30.1 Å². The number of piperidine rings is 1. The van der Waals surface area contributed by atoms with Gasteiger partial charge in [-0.2, -0.15) is 0 Å². The predicted molar refractivity (Wildman–Crippen MR) is 107 cm³/mol. The lowest BCUT2D eigenvalue weighted by atomic mass is 10.1. The summed E-state index contributed by atoms with van der Waals surface area (Å²) < 4.78 is 0. The summed E-state index contributed by atoms with van der Waals surface area (Å²) in [4.78, 5) is 27.4. The molecule has 2 aromatic rings. The van der Waals surface area contributed by atoms with Crippen LogP contribution in [0.4, 0.5) is 5.69 Å². The van der Waals surface area contributed by atoms with Crippen molar-refractivity contribution >= 4 is 40.9 Å². The first-order valence-electron chi connectivity index (χ1n) is 8.58. The van der Waals surface area contributed by atoms with Gasteiger partial charge in [-0.25, -0.2) is 0 Å². The first-order chi connectivity index (χ1) is 12.6. The molecule has 0 saturated carbocycles. The van der Waals surface area contributed by atoms with E-state index >= 15 is 0 Å². The maximum absolute atomic E-state index is 12.6. The Morgan fingerprint density at radius 3 is 2.85 bits per heavy atom. The number of nitrogens with one attached hydrogen (secondary N) is 1. The van der Waals surface area contributed by atoms with Gasteiger partial charge in [-0.05, 0) is 55.0 Å². The molecule has 0 radical (unpaired) electrons. The topological polar surface area (TPSA) is 49.4 Å². The second-order valence-electron chi connectivity index (χ2n) is 6.27. The molecule has 0 unspecified atom stereocenters. The molecule has 2 aromatic carbocycles. The third kappa shape index (κ3) is 4.59. The number of hydrogen-bond donors (Lipinski definition) is 1. The summed E-state index contributed by atoms with van der Waals surface area (Å²) in [7, 11) is 0. The number of amides is 2. The lowest BCUT2D eigenvalue weighted by molar-refractivity contribution is -0.133. The first kappa shape index (κ1) is 18.8. The zero-order valence-electron chi connectivity index (χ0n) is 14.6. The van der Waals surface area contributed by atoms with E-state index in [9.17, 15) is 9.59 Å². The molecule has 1 heterocycles. The summed E-state index contributed by atoms with van der Waals surface area (Å²) in [6.07, 6.45) is 4.60. The van der Waals surface area contributed by atoms with Crippen LogP contribution >= 0.6 is 23.4 Å². The molecule has 0 spiro atoms. The maximum Gasteiger partial charge on any atom is 0.257 e. The van der Waals surface area contributed by atoms with Gasteiger partial charge < -0.3 is 10.2 Å². The van der Waals surface area contributed by atoms with E-state index < -0.39 is 0 Å². The number of carbonyl (C=O) groups is 2. The molecule has 0 bridgehead atoms. The van der Waals surface area contributed by atoms with E-state index in [2.05, 4.69) is 5.32 Å². The molecular formula is C20H21ClN2O2S. The summed E-state index contributed by atoms with van der Waals surface area (Å²) in [6.45, 7) is 1.37. The van der Waals surface area contributed by atoms with E-state index in [1.165, 1.54) is 0 Å². The van der Waals surface area contributed by atoms with E-state index in [4.69, 9.17) is 11.6 Å². The molecule has 1 saturated heterocycles. The second-order valence-corrected chi connectivity index (χ2v) is 7.56. The molecule has 1 aliphatic rings. The highest BCUT2D eigenvalue weighted by Gasteiger charge is 2.18. The van der Waals surface area contributed by atoms with Crippen LogP contribution in [-0.4, -0.2) is 29.5 Å². The zero-order valence-corrected chi connectivity index (χ0v) is 16.2. The number of anilines is 1. The van der Waals surface area contributed by atoms with Gasteiger partial charge in [-0.3, -0.25) is 9.59 Å². The van der Waals surface area contributed by atoms with Crippen LogP contribution in [0.25, 0.3) is 0 Å². The Hall–Kier alpha value is -1.98. The zero-order chi connectivity index (χ0) is 18.5. The van der Waals surface area contributed by atoms with Crippen molar-refractivity contribution in [3.63, 3.8) is 0 Å². The Morgan fingerprint density at radius 2 is 2.08 bits per heavy atom. The minimum absolute atomic E-state index is 0.200. The largest absolute Gasteiger partial charge is 0.338 e. The van der Waals surface area contributed by atoms with Gasteiger partial charge in [-0.15, -0.1) is 11.8 Å². The SMILES string of the molecule is CSc1ccc(Cl)c(C(=O)Nc2cccc(CN3CCCCC3=O)c2)c1. The Labute approximate surface area is 162 Å². The summed E-state index contributed by atoms with van der Waals surface area (Å²) in [5, 5.41) is 3.33. The highest BCUT2D eigenvalue weighted by Crippen LogP contribution is 2.24. The van der Waals surface area contributed by atoms with Gasteiger partial charge in [0.2, 0.25) is 5.91 Å². The Bertz CT molecular complexity index is 825. The van der Waals surface area contributed by atoms with E-state index in [-0.39, 0.29) is 11.8 Å². The van der Waals surface area contributed by atoms with Crippen LogP contribution in [0, 0.1) is 0 Å². The summed E-state index contributed by atoms with van der Waals surface area (Å²) in [5.74, 6) is -0.0385. The molecule has 3 rings (SSSR count). The van der Waals surface area contributed by atoms with Gasteiger partial charge >= 0.3 is 0 Å². The van der Waals surface area contributed by atoms with Crippen LogP contribution in [0.15, 0.2) is 47.4 Å². The monoisotopic (exact) mass is 388 g/mol. The quantitative estimate of drug-likeness (QED) is 0.746. The molecule has 1 fully saturated rings. The van der Waals surface area contributed by atoms with Crippen molar-refractivity contribution in [2.24, 2.45) is 0 Å². The molecule has 1 aliphatic heterocycles. The molecular weight excluding hydrogens is 368 g/mol. The van der Waals surface area contributed by atoms with E-state index in [0.29, 0.717) is 29.2 Å². The normalized spacial score (nSPS) is 14.4. The highest BCUT2D eigenvalue weighted by atomic mass is 35.5. The smallest absolute Gasteiger partial charge is 0.257 e. The predicted octanol–water partition coefficient (Wildman–Crippen LogP) is 4.83. The van der Waals surface area contributed by atoms with Crippen molar-refractivity contribution in [2.45, 2.75) is 30.7 Å². The molecule has 1 N–H and O–H groups in total. The van der Waals surface area contributed by atoms with Crippen LogP contribution in [0.5, 0.6) is 0 Å². The standard InChI is InChI=1S/C20H21ClN2O2S/c1-26-16-8-9-18(21)17(12-16)20(25)22-15-6-4-5-14(11-15)13-23-10-3-2-7-19(23)24/h4-6,8-9,11-12H,2-3,7,10,13H2,1H3,(H,22,25). The number of rotatable bonds is 5. The summed E-state index contributed by atoms with van der Waals surface area (Å²) in [5.41, 5.74) is 2.15. The third-order valence-electron chi connectivity index (χ3n) is 4.40. The summed E-state index contributed by atoms with van der Waals surface area (Å²) in [6, 6.07) is 13.0. The number of nitrogens with zero attached hydrogens (tertiary/aromatic N) is 1. The minimum Gasteiger partial charge on any atom is -0.338 e. The molecule has 0 aliphatic carbocycles. The van der Waals surface area contributed by atoms with E-state index in [0.717, 1.165) is 29.8 Å². The Kier molecular flexibility index (Phi) is 6.22. The Balaban J connectivity index is 1.72. The van der Waals surface area contributed by atoms with Gasteiger partial charge in [0.25, 0.3) is 5.91 Å². The van der Waals surface area contributed by atoms with E-state index in [1.807, 2.05) is 41.5 Å². The lowest BCUT2D eigenvalue weighted by Crippen LogP contribution is -2.34. The van der Waals surface area contributed by atoms with Crippen molar-refractivity contribution in [3.8, 4) is 0 Å². The Morgan fingerprint density at radius 1 is 1.23 bits per heavy atom. The number of thioether (sulfide) groups is 1. The number of benzene rings is 2. The van der Waals surface area contributed by atoms with Gasteiger partial charge in [0.1, 0.15) is 0 Å². The van der Waals surface area contributed by atoms with E-state index in [1.54, 1.807) is 23.9 Å². The average molecular weight is 389 g/mol. The highest BCUT2D eigenvalue weighted by molar-refractivity contribution is 7.98. The van der Waals surface area contributed by atoms with Crippen LogP contribution in [-0.2, 0) is 11.3 Å². The molecule has 0 aromatic heterocycles. The first-order valence-corrected chi connectivity index (χ1v) is 10.2. The fourth-order valence-corrected chi connectivity index (χ4v) is 3.64. The van der Waals surface area contributed by atoms with Crippen molar-refractivity contribution in [3.05, 3.63) is 58.6 Å². The number of carbonyl (C=O) groups excluding carboxylic acids is 2. The minimum atomic E-state index is -0.239. The fraction of sp³-hybridized carbons (Fsp3) is 0.300.